The summed E-state index contributed by atoms with van der Waals surface area (Å²) in [5, 5.41) is -0.189. The molecule has 0 aromatic carbocycles. The summed E-state index contributed by atoms with van der Waals surface area (Å²) in [6, 6.07) is 0. The Kier molecular flexibility index (Phi) is 4.88. The molecule has 3 aliphatic heterocycles. The summed E-state index contributed by atoms with van der Waals surface area (Å²) in [4.78, 5) is 27.8. The Morgan fingerprint density at radius 1 is 1.16 bits per heavy atom. The van der Waals surface area contributed by atoms with Gasteiger partial charge in [0.05, 0.1) is 24.2 Å². The molecule has 0 amide bonds. The third-order valence-electron chi connectivity index (χ3n) is 4.92. The monoisotopic (exact) mass is 361 g/mol. The predicted molar refractivity (Wildman–Crippen MR) is 97.9 cm³/mol. The van der Waals surface area contributed by atoms with Crippen molar-refractivity contribution in [3.63, 3.8) is 0 Å². The lowest BCUT2D eigenvalue weighted by molar-refractivity contribution is -0.149. The number of carbonyl (C=O) groups is 2. The number of hydrogen-bond donors (Lipinski definition) is 0. The standard InChI is InChI=1S/C19H24NO4P/c1-5-23-17(21)16-15-9-7-8-10-20(15)19(18(22)24-6-2)11-13(3)14(4)12-25(16)19/h7-10H,5-6,11-12H2,1-4H3/t19-,25?/m1/s1. The smallest absolute Gasteiger partial charge is 0.340 e. The number of hydrogen-bond acceptors (Lipinski definition) is 5. The van der Waals surface area contributed by atoms with Gasteiger partial charge in [0.25, 0.3) is 0 Å². The van der Waals surface area contributed by atoms with Crippen molar-refractivity contribution in [2.75, 3.05) is 19.4 Å². The fourth-order valence-corrected chi connectivity index (χ4v) is 7.06. The highest BCUT2D eigenvalue weighted by molar-refractivity contribution is 7.66. The lowest BCUT2D eigenvalue weighted by Gasteiger charge is -2.44. The zero-order chi connectivity index (χ0) is 18.2. The van der Waals surface area contributed by atoms with Gasteiger partial charge in [-0.25, -0.2) is 9.59 Å². The third kappa shape index (κ3) is 2.65. The molecule has 0 saturated heterocycles. The Balaban J connectivity index is 2.18. The molecule has 0 bridgehead atoms. The Labute approximate surface area is 149 Å². The van der Waals surface area contributed by atoms with Gasteiger partial charge in [-0.2, -0.15) is 0 Å². The first-order valence-corrected chi connectivity index (χ1v) is 10.2. The first-order valence-electron chi connectivity index (χ1n) is 8.63. The quantitative estimate of drug-likeness (QED) is 0.435. The van der Waals surface area contributed by atoms with E-state index in [2.05, 4.69) is 13.8 Å². The number of rotatable bonds is 4. The van der Waals surface area contributed by atoms with Crippen molar-refractivity contribution in [2.24, 2.45) is 0 Å². The largest absolute Gasteiger partial charge is 0.464 e. The lowest BCUT2D eigenvalue weighted by Crippen LogP contribution is -2.50. The van der Waals surface area contributed by atoms with E-state index in [9.17, 15) is 9.59 Å². The topological polar surface area (TPSA) is 55.8 Å². The second-order valence-corrected chi connectivity index (χ2v) is 8.74. The Morgan fingerprint density at radius 2 is 1.88 bits per heavy atom. The summed E-state index contributed by atoms with van der Waals surface area (Å²) in [6.07, 6.45) is 8.88. The van der Waals surface area contributed by atoms with Crippen molar-refractivity contribution in [1.29, 1.82) is 0 Å². The summed E-state index contributed by atoms with van der Waals surface area (Å²) >= 11 is 0. The number of esters is 2. The molecular weight excluding hydrogens is 337 g/mol. The summed E-state index contributed by atoms with van der Waals surface area (Å²) in [5.41, 5.74) is 3.23. The van der Waals surface area contributed by atoms with Crippen molar-refractivity contribution in [1.82, 2.24) is 4.90 Å². The second kappa shape index (κ2) is 6.80. The minimum Gasteiger partial charge on any atom is -0.464 e. The minimum absolute atomic E-state index is 0.246. The van der Waals surface area contributed by atoms with Crippen LogP contribution >= 0.6 is 7.92 Å². The molecule has 1 unspecified atom stereocenters. The Bertz CT molecular complexity index is 734. The summed E-state index contributed by atoms with van der Waals surface area (Å²) < 4.78 is 10.8. The Hall–Kier alpha value is -1.87. The zero-order valence-electron chi connectivity index (χ0n) is 15.2. The van der Waals surface area contributed by atoms with E-state index in [-0.39, 0.29) is 11.9 Å². The van der Waals surface area contributed by atoms with Crippen molar-refractivity contribution in [3.8, 4) is 0 Å². The highest BCUT2D eigenvalue weighted by atomic mass is 31.1. The summed E-state index contributed by atoms with van der Waals surface area (Å²) in [5.74, 6) is -0.559. The van der Waals surface area contributed by atoms with Crippen LogP contribution in [-0.4, -0.2) is 41.5 Å². The van der Waals surface area contributed by atoms with E-state index < -0.39 is 13.2 Å². The maximum absolute atomic E-state index is 13.1. The molecule has 25 heavy (non-hydrogen) atoms. The molecule has 2 atom stereocenters. The molecule has 6 heteroatoms. The molecule has 0 aliphatic carbocycles. The van der Waals surface area contributed by atoms with E-state index in [1.165, 1.54) is 11.1 Å². The van der Waals surface area contributed by atoms with Crippen LogP contribution in [0.15, 0.2) is 46.6 Å². The van der Waals surface area contributed by atoms with Crippen LogP contribution in [-0.2, 0) is 19.1 Å². The Morgan fingerprint density at radius 3 is 2.56 bits per heavy atom. The summed E-state index contributed by atoms with van der Waals surface area (Å²) in [6.45, 7) is 8.41. The van der Waals surface area contributed by atoms with Crippen molar-refractivity contribution in [2.45, 2.75) is 39.4 Å². The first-order chi connectivity index (χ1) is 12.0. The summed E-state index contributed by atoms with van der Waals surface area (Å²) in [7, 11) is -1.09. The van der Waals surface area contributed by atoms with Crippen molar-refractivity contribution < 1.29 is 19.1 Å². The molecule has 0 spiro atoms. The minimum atomic E-state index is -1.09. The van der Waals surface area contributed by atoms with Crippen LogP contribution in [0.2, 0.25) is 0 Å². The van der Waals surface area contributed by atoms with E-state index in [0.29, 0.717) is 24.9 Å². The van der Waals surface area contributed by atoms with E-state index in [4.69, 9.17) is 9.47 Å². The molecular formula is C19H24NO4P. The van der Waals surface area contributed by atoms with Gasteiger partial charge < -0.3 is 14.4 Å². The molecule has 3 heterocycles. The highest BCUT2D eigenvalue weighted by Crippen LogP contribution is 2.70. The number of nitrogens with zero attached hydrogens (tertiary/aromatic N) is 1. The van der Waals surface area contributed by atoms with E-state index in [1.54, 1.807) is 6.92 Å². The molecule has 3 aliphatic rings. The van der Waals surface area contributed by atoms with Crippen LogP contribution in [0.3, 0.4) is 0 Å². The molecule has 0 aromatic heterocycles. The van der Waals surface area contributed by atoms with Gasteiger partial charge >= 0.3 is 11.9 Å². The van der Waals surface area contributed by atoms with Gasteiger partial charge in [-0.3, -0.25) is 0 Å². The normalized spacial score (nSPS) is 27.4. The van der Waals surface area contributed by atoms with Crippen LogP contribution in [0.1, 0.15) is 34.1 Å². The molecule has 0 fully saturated rings. The van der Waals surface area contributed by atoms with Crippen LogP contribution in [0.5, 0.6) is 0 Å². The second-order valence-electron chi connectivity index (χ2n) is 6.39. The molecule has 5 nitrogen and oxygen atoms in total. The van der Waals surface area contributed by atoms with Crippen LogP contribution in [0, 0.1) is 0 Å². The fraction of sp³-hybridized carbons (Fsp3) is 0.474. The number of allylic oxidation sites excluding steroid dienone is 4. The highest BCUT2D eigenvalue weighted by Gasteiger charge is 2.61. The van der Waals surface area contributed by atoms with Crippen LogP contribution < -0.4 is 0 Å². The number of fused-ring (bicyclic) bond motifs is 3. The molecule has 0 aromatic rings. The molecule has 0 N–H and O–H groups in total. The zero-order valence-corrected chi connectivity index (χ0v) is 16.1. The molecule has 3 rings (SSSR count). The maximum atomic E-state index is 13.1. The first kappa shape index (κ1) is 17.9. The van der Waals surface area contributed by atoms with Gasteiger partial charge in [0.15, 0.2) is 5.28 Å². The average Bonchev–Trinajstić information content (AvgIpc) is 2.87. The average molecular weight is 361 g/mol. The molecule has 134 valence electrons. The molecule has 0 saturated carbocycles. The van der Waals surface area contributed by atoms with Crippen LogP contribution in [0.4, 0.5) is 0 Å². The van der Waals surface area contributed by atoms with Gasteiger partial charge in [-0.15, -0.1) is 0 Å². The fourth-order valence-electron chi connectivity index (χ4n) is 3.64. The van der Waals surface area contributed by atoms with Gasteiger partial charge in [0.2, 0.25) is 0 Å². The van der Waals surface area contributed by atoms with Gasteiger partial charge in [-0.05, 0) is 53.9 Å². The van der Waals surface area contributed by atoms with E-state index >= 15 is 0 Å². The maximum Gasteiger partial charge on any atom is 0.340 e. The predicted octanol–water partition coefficient (Wildman–Crippen LogP) is 3.64. The molecule has 0 radical (unpaired) electrons. The van der Waals surface area contributed by atoms with Crippen LogP contribution in [0.25, 0.3) is 0 Å². The third-order valence-corrected chi connectivity index (χ3v) is 8.12. The lowest BCUT2D eigenvalue weighted by atomic mass is 10.00. The van der Waals surface area contributed by atoms with Gasteiger partial charge in [0, 0.05) is 12.6 Å². The van der Waals surface area contributed by atoms with Gasteiger partial charge in [-0.1, -0.05) is 17.2 Å². The van der Waals surface area contributed by atoms with E-state index in [0.717, 1.165) is 11.9 Å². The van der Waals surface area contributed by atoms with Gasteiger partial charge in [0.1, 0.15) is 0 Å². The number of carbonyl (C=O) groups excluding carboxylic acids is 2. The van der Waals surface area contributed by atoms with E-state index in [1.807, 2.05) is 36.3 Å². The van der Waals surface area contributed by atoms with Crippen molar-refractivity contribution >= 4 is 19.9 Å². The van der Waals surface area contributed by atoms with Crippen molar-refractivity contribution in [3.05, 3.63) is 46.6 Å². The number of ether oxygens (including phenoxy) is 2. The SMILES string of the molecule is CCOC(=O)C1=C2C=CC=CN2[C@]2(C(=O)OCC)CC(C)=C(C)CP12.